The van der Waals surface area contributed by atoms with Crippen LogP contribution in [0, 0.1) is 0 Å². The Morgan fingerprint density at radius 2 is 2.12 bits per heavy atom. The standard InChI is InChI=1S/C16H22B/c1-5-8-9-14-12-15(16(7-3)17-4)11-10-13(14)6-2/h6-7,9-12,16H,3,5,8H2,1-2,4H3/b13-6-,14-9-. The van der Waals surface area contributed by atoms with Crippen LogP contribution in [0.25, 0.3) is 12.2 Å². The van der Waals surface area contributed by atoms with Gasteiger partial charge in [-0.1, -0.05) is 56.6 Å². The summed E-state index contributed by atoms with van der Waals surface area (Å²) in [5.74, 6) is 0.356. The van der Waals surface area contributed by atoms with Crippen LogP contribution in [0.15, 0.2) is 30.9 Å². The number of allylic oxidation sites excluding steroid dienone is 1. The van der Waals surface area contributed by atoms with Crippen molar-refractivity contribution in [1.29, 1.82) is 0 Å². The maximum Gasteiger partial charge on any atom is 0.121 e. The lowest BCUT2D eigenvalue weighted by molar-refractivity contribution is 0.990. The molecule has 0 aliphatic rings. The molecule has 0 saturated heterocycles. The molecule has 1 aromatic carbocycles. The van der Waals surface area contributed by atoms with Crippen LogP contribution in [0.1, 0.15) is 38.1 Å². The van der Waals surface area contributed by atoms with Gasteiger partial charge in [0.05, 0.1) is 0 Å². The summed E-state index contributed by atoms with van der Waals surface area (Å²) >= 11 is 0. The van der Waals surface area contributed by atoms with Gasteiger partial charge in [-0.25, -0.2) is 0 Å². The van der Waals surface area contributed by atoms with Crippen molar-refractivity contribution in [3.8, 4) is 0 Å². The molecule has 0 aliphatic carbocycles. The highest BCUT2D eigenvalue weighted by Gasteiger charge is 2.04. The van der Waals surface area contributed by atoms with Crippen molar-refractivity contribution in [2.75, 3.05) is 0 Å². The highest BCUT2D eigenvalue weighted by Crippen LogP contribution is 2.12. The van der Waals surface area contributed by atoms with Crippen LogP contribution < -0.4 is 10.4 Å². The van der Waals surface area contributed by atoms with Crippen LogP contribution in [0.2, 0.25) is 6.82 Å². The quantitative estimate of drug-likeness (QED) is 0.533. The van der Waals surface area contributed by atoms with Crippen LogP contribution in [-0.2, 0) is 0 Å². The molecule has 0 heterocycles. The van der Waals surface area contributed by atoms with Gasteiger partial charge in [0.15, 0.2) is 0 Å². The van der Waals surface area contributed by atoms with Crippen molar-refractivity contribution in [1.82, 2.24) is 0 Å². The van der Waals surface area contributed by atoms with Gasteiger partial charge in [0.2, 0.25) is 0 Å². The lowest BCUT2D eigenvalue weighted by atomic mass is 9.64. The average Bonchev–Trinajstić information content (AvgIpc) is 2.38. The molecular weight excluding hydrogens is 203 g/mol. The Balaban J connectivity index is 3.27. The molecule has 1 unspecified atom stereocenters. The molecule has 0 amide bonds. The van der Waals surface area contributed by atoms with E-state index in [9.17, 15) is 0 Å². The van der Waals surface area contributed by atoms with Crippen molar-refractivity contribution in [2.24, 2.45) is 0 Å². The predicted octanol–water partition coefficient (Wildman–Crippen LogP) is 3.05. The molecule has 1 rings (SSSR count). The Morgan fingerprint density at radius 1 is 1.35 bits per heavy atom. The topological polar surface area (TPSA) is 0 Å². The number of unbranched alkanes of at least 4 members (excludes halogenated alkanes) is 1. The molecule has 1 aromatic rings. The van der Waals surface area contributed by atoms with E-state index < -0.39 is 0 Å². The van der Waals surface area contributed by atoms with Crippen LogP contribution >= 0.6 is 0 Å². The number of hydrogen-bond acceptors (Lipinski definition) is 0. The van der Waals surface area contributed by atoms with Crippen LogP contribution in [0.5, 0.6) is 0 Å². The zero-order valence-corrected chi connectivity index (χ0v) is 11.2. The molecule has 0 aromatic heterocycles. The van der Waals surface area contributed by atoms with E-state index in [1.165, 1.54) is 22.4 Å². The summed E-state index contributed by atoms with van der Waals surface area (Å²) in [5.41, 5.74) is 1.33. The minimum Gasteiger partial charge on any atom is -0.103 e. The molecule has 0 nitrogen and oxygen atoms in total. The van der Waals surface area contributed by atoms with E-state index in [2.05, 4.69) is 64.9 Å². The van der Waals surface area contributed by atoms with Crippen LogP contribution in [-0.4, -0.2) is 7.28 Å². The first kappa shape index (κ1) is 13.8. The molecule has 89 valence electrons. The summed E-state index contributed by atoms with van der Waals surface area (Å²) in [4.78, 5) is 0. The third-order valence-corrected chi connectivity index (χ3v) is 3.07. The van der Waals surface area contributed by atoms with E-state index in [1.54, 1.807) is 0 Å². The number of rotatable bonds is 5. The van der Waals surface area contributed by atoms with E-state index in [-0.39, 0.29) is 0 Å². The molecule has 17 heavy (non-hydrogen) atoms. The van der Waals surface area contributed by atoms with Gasteiger partial charge in [-0.05, 0) is 35.2 Å². The smallest absolute Gasteiger partial charge is 0.103 e. The molecular formula is C16H22B. The normalized spacial score (nSPS) is 14.8. The Hall–Kier alpha value is -1.24. The minimum atomic E-state index is 0.356. The van der Waals surface area contributed by atoms with Crippen molar-refractivity contribution in [3.63, 3.8) is 0 Å². The van der Waals surface area contributed by atoms with E-state index >= 15 is 0 Å². The highest BCUT2D eigenvalue weighted by molar-refractivity contribution is 6.36. The molecule has 0 N–H and O–H groups in total. The van der Waals surface area contributed by atoms with Crippen molar-refractivity contribution in [3.05, 3.63) is 46.9 Å². The molecule has 0 fully saturated rings. The lowest BCUT2D eigenvalue weighted by Gasteiger charge is -2.09. The van der Waals surface area contributed by atoms with Crippen LogP contribution in [0.3, 0.4) is 0 Å². The monoisotopic (exact) mass is 225 g/mol. The first-order chi connectivity index (χ1) is 8.26. The molecule has 0 spiro atoms. The highest BCUT2D eigenvalue weighted by atomic mass is 14.0. The Bertz CT molecular complexity index is 471. The fourth-order valence-electron chi connectivity index (χ4n) is 2.00. The predicted molar refractivity (Wildman–Crippen MR) is 79.8 cm³/mol. The first-order valence-electron chi connectivity index (χ1n) is 6.45. The molecule has 0 saturated carbocycles. The van der Waals surface area contributed by atoms with Gasteiger partial charge in [-0.2, -0.15) is 0 Å². The Labute approximate surface area is 106 Å². The summed E-state index contributed by atoms with van der Waals surface area (Å²) in [6, 6.07) is 6.69. The third kappa shape index (κ3) is 3.62. The van der Waals surface area contributed by atoms with Crippen molar-refractivity contribution in [2.45, 2.75) is 39.3 Å². The van der Waals surface area contributed by atoms with Crippen molar-refractivity contribution >= 4 is 19.4 Å². The van der Waals surface area contributed by atoms with E-state index in [0.29, 0.717) is 5.82 Å². The Morgan fingerprint density at radius 3 is 2.65 bits per heavy atom. The van der Waals surface area contributed by atoms with Gasteiger partial charge < -0.3 is 0 Å². The number of hydrogen-bond donors (Lipinski definition) is 0. The van der Waals surface area contributed by atoms with E-state index in [4.69, 9.17) is 0 Å². The van der Waals surface area contributed by atoms with Gasteiger partial charge in [0.25, 0.3) is 0 Å². The maximum atomic E-state index is 3.89. The summed E-state index contributed by atoms with van der Waals surface area (Å²) in [6.45, 7) is 10.3. The van der Waals surface area contributed by atoms with Gasteiger partial charge in [-0.3, -0.25) is 0 Å². The first-order valence-corrected chi connectivity index (χ1v) is 6.45. The summed E-state index contributed by atoms with van der Waals surface area (Å²) in [5, 5.41) is 2.67. The molecule has 0 aliphatic heterocycles. The zero-order chi connectivity index (χ0) is 12.7. The minimum absolute atomic E-state index is 0.356. The molecule has 1 atom stereocenters. The summed E-state index contributed by atoms with van der Waals surface area (Å²) in [7, 11) is 2.18. The van der Waals surface area contributed by atoms with Crippen LogP contribution in [0.4, 0.5) is 0 Å². The maximum absolute atomic E-state index is 3.89. The van der Waals surface area contributed by atoms with Crippen molar-refractivity contribution < 1.29 is 0 Å². The second kappa shape index (κ2) is 7.16. The lowest BCUT2D eigenvalue weighted by Crippen LogP contribution is -2.25. The number of benzene rings is 1. The second-order valence-corrected chi connectivity index (χ2v) is 4.26. The summed E-state index contributed by atoms with van der Waals surface area (Å²) in [6.07, 6.45) is 8.82. The zero-order valence-electron chi connectivity index (χ0n) is 11.2. The Kier molecular flexibility index (Phi) is 5.83. The largest absolute Gasteiger partial charge is 0.121 e. The SMILES string of the molecule is C=CC([B]C)c1ccc(=C/C)/c(=C\CCC)c1. The van der Waals surface area contributed by atoms with Gasteiger partial charge >= 0.3 is 0 Å². The molecule has 1 heteroatoms. The molecule has 1 radical (unpaired) electrons. The second-order valence-electron chi connectivity index (χ2n) is 4.26. The van der Waals surface area contributed by atoms with Gasteiger partial charge in [-0.15, -0.1) is 6.58 Å². The van der Waals surface area contributed by atoms with Gasteiger partial charge in [0, 0.05) is 0 Å². The van der Waals surface area contributed by atoms with E-state index in [0.717, 1.165) is 6.42 Å². The van der Waals surface area contributed by atoms with E-state index in [1.807, 2.05) is 6.08 Å². The fraction of sp³-hybridized carbons (Fsp3) is 0.375. The summed E-state index contributed by atoms with van der Waals surface area (Å²) < 4.78 is 0. The third-order valence-electron chi connectivity index (χ3n) is 3.07. The van der Waals surface area contributed by atoms with Gasteiger partial charge in [0.1, 0.15) is 7.28 Å². The average molecular weight is 225 g/mol. The fourth-order valence-corrected chi connectivity index (χ4v) is 2.00. The molecule has 0 bridgehead atoms.